The molecule has 0 aliphatic heterocycles. The fraction of sp³-hybridized carbons (Fsp3) is 0.286. The zero-order valence-corrected chi connectivity index (χ0v) is 15.3. The number of hydrogen-bond donors (Lipinski definition) is 2. The van der Waals surface area contributed by atoms with Gasteiger partial charge in [0.2, 0.25) is 5.91 Å². The number of aromatic amines is 1. The van der Waals surface area contributed by atoms with Crippen molar-refractivity contribution in [3.05, 3.63) is 70.1 Å². The number of aromatic nitrogens is 2. The molecule has 0 unspecified atom stereocenters. The van der Waals surface area contributed by atoms with Crippen molar-refractivity contribution in [3.8, 4) is 0 Å². The Balaban J connectivity index is 1.64. The molecule has 5 heteroatoms. The van der Waals surface area contributed by atoms with E-state index in [1.807, 2.05) is 48.5 Å². The normalized spacial score (nSPS) is 11.5. The van der Waals surface area contributed by atoms with Crippen molar-refractivity contribution in [1.29, 1.82) is 0 Å². The maximum absolute atomic E-state index is 12.2. The van der Waals surface area contributed by atoms with Gasteiger partial charge in [0.05, 0.1) is 11.0 Å². The average molecular weight is 349 g/mol. The summed E-state index contributed by atoms with van der Waals surface area (Å²) in [5.41, 5.74) is 3.59. The second-order valence-electron chi connectivity index (χ2n) is 7.41. The lowest BCUT2D eigenvalue weighted by molar-refractivity contribution is -0.116. The molecule has 0 radical (unpaired) electrons. The van der Waals surface area contributed by atoms with E-state index in [-0.39, 0.29) is 23.3 Å². The minimum atomic E-state index is -0.244. The Kier molecular flexibility index (Phi) is 4.89. The summed E-state index contributed by atoms with van der Waals surface area (Å²) in [5, 5.41) is 2.87. The van der Waals surface area contributed by atoms with E-state index in [1.54, 1.807) is 0 Å². The molecule has 0 aliphatic carbocycles. The highest BCUT2D eigenvalue weighted by molar-refractivity contribution is 5.90. The van der Waals surface area contributed by atoms with Crippen molar-refractivity contribution < 1.29 is 4.79 Å². The minimum absolute atomic E-state index is 0.0747. The van der Waals surface area contributed by atoms with Gasteiger partial charge in [-0.1, -0.05) is 45.0 Å². The Morgan fingerprint density at radius 1 is 1.08 bits per heavy atom. The molecule has 2 N–H and O–H groups in total. The molecule has 1 aromatic heterocycles. The first-order valence-corrected chi connectivity index (χ1v) is 8.71. The van der Waals surface area contributed by atoms with Gasteiger partial charge >= 0.3 is 0 Å². The number of nitrogens with one attached hydrogen (secondary N) is 2. The van der Waals surface area contributed by atoms with Crippen LogP contribution in [0.2, 0.25) is 0 Å². The summed E-state index contributed by atoms with van der Waals surface area (Å²) in [6.45, 7) is 6.44. The molecule has 3 rings (SSSR count). The first-order chi connectivity index (χ1) is 12.3. The zero-order chi connectivity index (χ0) is 18.7. The number of aryl methyl sites for hydroxylation is 1. The maximum Gasteiger partial charge on any atom is 0.270 e. The van der Waals surface area contributed by atoms with Crippen LogP contribution in [0.25, 0.3) is 11.0 Å². The topological polar surface area (TPSA) is 74.8 Å². The van der Waals surface area contributed by atoms with Gasteiger partial charge in [0.1, 0.15) is 5.69 Å². The molecule has 0 spiro atoms. The molecular weight excluding hydrogens is 326 g/mol. The van der Waals surface area contributed by atoms with Crippen LogP contribution >= 0.6 is 0 Å². The average Bonchev–Trinajstić information content (AvgIpc) is 2.59. The lowest BCUT2D eigenvalue weighted by Gasteiger charge is -2.19. The highest BCUT2D eigenvalue weighted by Gasteiger charge is 2.13. The molecule has 0 saturated heterocycles. The van der Waals surface area contributed by atoms with Gasteiger partial charge in [-0.2, -0.15) is 0 Å². The third-order valence-corrected chi connectivity index (χ3v) is 4.29. The fourth-order valence-electron chi connectivity index (χ4n) is 2.75. The molecule has 0 aliphatic rings. The summed E-state index contributed by atoms with van der Waals surface area (Å²) in [6, 6.07) is 15.2. The molecule has 1 amide bonds. The van der Waals surface area contributed by atoms with Crippen LogP contribution in [0.3, 0.4) is 0 Å². The first kappa shape index (κ1) is 17.9. The van der Waals surface area contributed by atoms with E-state index in [0.717, 1.165) is 11.2 Å². The van der Waals surface area contributed by atoms with Crippen LogP contribution in [0.4, 0.5) is 5.69 Å². The van der Waals surface area contributed by atoms with Gasteiger partial charge in [-0.25, -0.2) is 4.98 Å². The van der Waals surface area contributed by atoms with Crippen molar-refractivity contribution in [2.24, 2.45) is 0 Å². The highest BCUT2D eigenvalue weighted by Crippen LogP contribution is 2.23. The van der Waals surface area contributed by atoms with Gasteiger partial charge in [0, 0.05) is 18.5 Å². The van der Waals surface area contributed by atoms with Crippen molar-refractivity contribution in [1.82, 2.24) is 9.97 Å². The molecule has 0 atom stereocenters. The van der Waals surface area contributed by atoms with E-state index in [1.165, 1.54) is 5.56 Å². The Morgan fingerprint density at radius 2 is 1.77 bits per heavy atom. The van der Waals surface area contributed by atoms with Crippen molar-refractivity contribution >= 4 is 22.6 Å². The van der Waals surface area contributed by atoms with E-state index in [0.29, 0.717) is 17.6 Å². The molecule has 26 heavy (non-hydrogen) atoms. The van der Waals surface area contributed by atoms with Crippen LogP contribution in [0.15, 0.2) is 53.3 Å². The number of para-hydroxylation sites is 2. The molecule has 134 valence electrons. The van der Waals surface area contributed by atoms with Gasteiger partial charge < -0.3 is 10.3 Å². The molecule has 3 aromatic rings. The van der Waals surface area contributed by atoms with E-state index in [4.69, 9.17) is 0 Å². The third kappa shape index (κ3) is 4.17. The number of carbonyl (C=O) groups is 1. The predicted molar refractivity (Wildman–Crippen MR) is 104 cm³/mol. The third-order valence-electron chi connectivity index (χ3n) is 4.29. The first-order valence-electron chi connectivity index (χ1n) is 8.71. The Morgan fingerprint density at radius 3 is 2.46 bits per heavy atom. The molecule has 1 heterocycles. The van der Waals surface area contributed by atoms with Crippen LogP contribution in [-0.2, 0) is 16.6 Å². The Hall–Kier alpha value is -2.95. The monoisotopic (exact) mass is 349 g/mol. The predicted octanol–water partition coefficient (Wildman–Crippen LogP) is 3.79. The summed E-state index contributed by atoms with van der Waals surface area (Å²) < 4.78 is 0. The van der Waals surface area contributed by atoms with Crippen LogP contribution < -0.4 is 10.9 Å². The lowest BCUT2D eigenvalue weighted by atomic mass is 9.87. The minimum Gasteiger partial charge on any atom is -0.326 e. The lowest BCUT2D eigenvalue weighted by Crippen LogP contribution is -2.19. The molecule has 5 nitrogen and oxygen atoms in total. The van der Waals surface area contributed by atoms with Gasteiger partial charge in [0.15, 0.2) is 0 Å². The van der Waals surface area contributed by atoms with E-state index in [9.17, 15) is 9.59 Å². The van der Waals surface area contributed by atoms with Crippen LogP contribution in [0.1, 0.15) is 38.4 Å². The number of amides is 1. The number of benzene rings is 2. The summed E-state index contributed by atoms with van der Waals surface area (Å²) in [5.74, 6) is -0.136. The standard InChI is InChI=1S/C21H23N3O2/c1-21(2,3)14-8-10-15(11-9-14)22-19(25)13-12-18-20(26)24-17-7-5-4-6-16(17)23-18/h4-11H,12-13H2,1-3H3,(H,22,25)(H,24,26). The van der Waals surface area contributed by atoms with Crippen molar-refractivity contribution in [3.63, 3.8) is 0 Å². The van der Waals surface area contributed by atoms with Gasteiger partial charge in [0.25, 0.3) is 5.56 Å². The molecule has 0 bridgehead atoms. The summed E-state index contributed by atoms with van der Waals surface area (Å²) in [4.78, 5) is 31.4. The smallest absolute Gasteiger partial charge is 0.270 e. The Bertz CT molecular complexity index is 983. The van der Waals surface area contributed by atoms with E-state index in [2.05, 4.69) is 36.1 Å². The Labute approximate surface area is 152 Å². The summed E-state index contributed by atoms with van der Waals surface area (Å²) in [7, 11) is 0. The maximum atomic E-state index is 12.2. The van der Waals surface area contributed by atoms with Crippen LogP contribution in [-0.4, -0.2) is 15.9 Å². The second-order valence-corrected chi connectivity index (χ2v) is 7.41. The number of rotatable bonds is 4. The number of H-pyrrole nitrogens is 1. The van der Waals surface area contributed by atoms with E-state index >= 15 is 0 Å². The van der Waals surface area contributed by atoms with Gasteiger partial charge in [-0.05, 0) is 35.2 Å². The van der Waals surface area contributed by atoms with Gasteiger partial charge in [-0.15, -0.1) is 0 Å². The van der Waals surface area contributed by atoms with Crippen molar-refractivity contribution in [2.45, 2.75) is 39.0 Å². The largest absolute Gasteiger partial charge is 0.326 e. The summed E-state index contributed by atoms with van der Waals surface area (Å²) >= 11 is 0. The molecule has 0 fully saturated rings. The van der Waals surface area contributed by atoms with E-state index < -0.39 is 0 Å². The second kappa shape index (κ2) is 7.12. The number of anilines is 1. The fourth-order valence-corrected chi connectivity index (χ4v) is 2.75. The number of fused-ring (bicyclic) bond motifs is 1. The SMILES string of the molecule is CC(C)(C)c1ccc(NC(=O)CCc2nc3ccccc3[nH]c2=O)cc1. The van der Waals surface area contributed by atoms with Crippen LogP contribution in [0, 0.1) is 0 Å². The highest BCUT2D eigenvalue weighted by atomic mass is 16.1. The molecule has 2 aromatic carbocycles. The van der Waals surface area contributed by atoms with Crippen molar-refractivity contribution in [2.75, 3.05) is 5.32 Å². The number of nitrogens with zero attached hydrogens (tertiary/aromatic N) is 1. The molecular formula is C21H23N3O2. The summed E-state index contributed by atoms with van der Waals surface area (Å²) in [6.07, 6.45) is 0.502. The van der Waals surface area contributed by atoms with Crippen LogP contribution in [0.5, 0.6) is 0 Å². The number of carbonyl (C=O) groups excluding carboxylic acids is 1. The van der Waals surface area contributed by atoms with Gasteiger partial charge in [-0.3, -0.25) is 9.59 Å². The number of hydrogen-bond acceptors (Lipinski definition) is 3. The zero-order valence-electron chi connectivity index (χ0n) is 15.3. The quantitative estimate of drug-likeness (QED) is 0.752. The molecule has 0 saturated carbocycles.